The molecule has 0 unspecified atom stereocenters. The van der Waals surface area contributed by atoms with Gasteiger partial charge in [-0.05, 0) is 64.8 Å². The molecule has 0 amide bonds. The van der Waals surface area contributed by atoms with E-state index in [4.69, 9.17) is 4.74 Å². The molecule has 0 aliphatic carbocycles. The third-order valence-corrected chi connectivity index (χ3v) is 4.41. The summed E-state index contributed by atoms with van der Waals surface area (Å²) in [7, 11) is 0. The number of ether oxygens (including phenoxy) is 1. The number of nitrogens with one attached hydrogen (secondary N) is 1. The maximum absolute atomic E-state index is 9.53. The second-order valence-corrected chi connectivity index (χ2v) is 6.57. The molecule has 1 aliphatic heterocycles. The first-order valence-electron chi connectivity index (χ1n) is 7.14. The number of hydrogen-bond acceptors (Lipinski definition) is 3. The lowest BCUT2D eigenvalue weighted by Gasteiger charge is -2.26. The fourth-order valence-corrected chi connectivity index (χ4v) is 2.90. The molecule has 0 aromatic heterocycles. The molecule has 2 aromatic carbocycles. The second-order valence-electron chi connectivity index (χ2n) is 5.33. The molecule has 0 saturated carbocycles. The third-order valence-electron chi connectivity index (χ3n) is 3.69. The van der Waals surface area contributed by atoms with Crippen LogP contribution in [0.3, 0.4) is 0 Å². The Balaban J connectivity index is 1.52. The molecular weight excluding hydrogens is 377 g/mol. The maximum atomic E-state index is 9.53. The molecule has 1 heterocycles. The largest absolute Gasteiger partial charge is 0.508 e. The third kappa shape index (κ3) is 3.89. The fourth-order valence-electron chi connectivity index (χ4n) is 2.54. The van der Waals surface area contributed by atoms with Crippen LogP contribution in [0.4, 0.5) is 0 Å². The Labute approximate surface area is 138 Å². The number of benzene rings is 2. The van der Waals surface area contributed by atoms with Crippen molar-refractivity contribution in [2.24, 2.45) is 0 Å². The predicted molar refractivity (Wildman–Crippen MR) is 91.7 cm³/mol. The van der Waals surface area contributed by atoms with Crippen molar-refractivity contribution < 1.29 is 9.84 Å². The molecule has 2 N–H and O–H groups in total. The Kier molecular flexibility index (Phi) is 4.65. The van der Waals surface area contributed by atoms with Crippen LogP contribution in [0.15, 0.2) is 42.5 Å². The van der Waals surface area contributed by atoms with Crippen molar-refractivity contribution >= 4 is 22.6 Å². The van der Waals surface area contributed by atoms with E-state index in [0.29, 0.717) is 0 Å². The van der Waals surface area contributed by atoms with Crippen molar-refractivity contribution in [3.8, 4) is 11.5 Å². The number of rotatable bonds is 4. The van der Waals surface area contributed by atoms with Gasteiger partial charge in [0.2, 0.25) is 0 Å². The van der Waals surface area contributed by atoms with Crippen LogP contribution in [0.5, 0.6) is 11.5 Å². The summed E-state index contributed by atoms with van der Waals surface area (Å²) >= 11 is 2.31. The van der Waals surface area contributed by atoms with E-state index in [-0.39, 0.29) is 11.9 Å². The van der Waals surface area contributed by atoms with Crippen LogP contribution in [0, 0.1) is 3.57 Å². The van der Waals surface area contributed by atoms with Crippen LogP contribution < -0.4 is 10.1 Å². The molecule has 0 spiro atoms. The zero-order chi connectivity index (χ0) is 14.7. The summed E-state index contributed by atoms with van der Waals surface area (Å²) in [5, 5.41) is 13.0. The topological polar surface area (TPSA) is 41.5 Å². The molecular formula is C17H18INO2. The van der Waals surface area contributed by atoms with E-state index in [0.717, 1.165) is 31.7 Å². The lowest BCUT2D eigenvalue weighted by atomic mass is 10.0. The van der Waals surface area contributed by atoms with Gasteiger partial charge in [0.15, 0.2) is 0 Å². The summed E-state index contributed by atoms with van der Waals surface area (Å²) in [4.78, 5) is 0. The zero-order valence-corrected chi connectivity index (χ0v) is 13.8. The van der Waals surface area contributed by atoms with Crippen molar-refractivity contribution in [1.29, 1.82) is 0 Å². The second kappa shape index (κ2) is 6.66. The van der Waals surface area contributed by atoms with Crippen LogP contribution in [0.1, 0.15) is 17.5 Å². The van der Waals surface area contributed by atoms with Gasteiger partial charge in [-0.15, -0.1) is 0 Å². The number of hydrogen-bond donors (Lipinski definition) is 2. The van der Waals surface area contributed by atoms with Crippen LogP contribution in [0.2, 0.25) is 0 Å². The minimum atomic E-state index is 0.170. The van der Waals surface area contributed by atoms with Gasteiger partial charge in [0.25, 0.3) is 0 Å². The minimum absolute atomic E-state index is 0.170. The number of halogens is 1. The average molecular weight is 395 g/mol. The van der Waals surface area contributed by atoms with E-state index in [1.54, 1.807) is 12.1 Å². The first-order valence-corrected chi connectivity index (χ1v) is 8.22. The van der Waals surface area contributed by atoms with Gasteiger partial charge in [0.1, 0.15) is 17.6 Å². The van der Waals surface area contributed by atoms with E-state index < -0.39 is 0 Å². The Morgan fingerprint density at radius 1 is 1.19 bits per heavy atom. The SMILES string of the molecule is Oc1ccc2c(c1)O[C@@H](CNCc1ccc(I)cc1)CC2. The van der Waals surface area contributed by atoms with E-state index >= 15 is 0 Å². The van der Waals surface area contributed by atoms with Crippen molar-refractivity contribution in [1.82, 2.24) is 5.32 Å². The summed E-state index contributed by atoms with van der Waals surface area (Å²) in [5.74, 6) is 1.09. The highest BCUT2D eigenvalue weighted by Gasteiger charge is 2.19. The molecule has 0 saturated heterocycles. The highest BCUT2D eigenvalue weighted by molar-refractivity contribution is 14.1. The van der Waals surface area contributed by atoms with E-state index in [1.165, 1.54) is 14.7 Å². The van der Waals surface area contributed by atoms with E-state index in [9.17, 15) is 5.11 Å². The van der Waals surface area contributed by atoms with Crippen LogP contribution in [-0.4, -0.2) is 17.8 Å². The summed E-state index contributed by atoms with van der Waals surface area (Å²) in [6.07, 6.45) is 2.19. The molecule has 0 radical (unpaired) electrons. The number of aromatic hydroxyl groups is 1. The molecule has 3 rings (SSSR count). The van der Waals surface area contributed by atoms with Gasteiger partial charge in [-0.25, -0.2) is 0 Å². The van der Waals surface area contributed by atoms with Crippen LogP contribution in [-0.2, 0) is 13.0 Å². The molecule has 0 bridgehead atoms. The Morgan fingerprint density at radius 2 is 2.00 bits per heavy atom. The van der Waals surface area contributed by atoms with Crippen molar-refractivity contribution in [3.63, 3.8) is 0 Å². The number of phenolic OH excluding ortho intramolecular Hbond substituents is 1. The molecule has 1 atom stereocenters. The highest BCUT2D eigenvalue weighted by Crippen LogP contribution is 2.30. The lowest BCUT2D eigenvalue weighted by Crippen LogP contribution is -2.33. The van der Waals surface area contributed by atoms with Crippen molar-refractivity contribution in [2.45, 2.75) is 25.5 Å². The van der Waals surface area contributed by atoms with Gasteiger partial charge >= 0.3 is 0 Å². The standard InChI is InChI=1S/C17H18INO2/c18-14-5-1-12(2-6-14)10-19-11-16-8-4-13-3-7-15(20)9-17(13)21-16/h1-3,5-7,9,16,19-20H,4,8,10-11H2/t16-/m1/s1. The summed E-state index contributed by atoms with van der Waals surface area (Å²) in [6.45, 7) is 1.67. The molecule has 21 heavy (non-hydrogen) atoms. The van der Waals surface area contributed by atoms with Crippen molar-refractivity contribution in [3.05, 3.63) is 57.2 Å². The summed E-state index contributed by atoms with van der Waals surface area (Å²) in [5.41, 5.74) is 2.46. The smallest absolute Gasteiger partial charge is 0.126 e. The van der Waals surface area contributed by atoms with Crippen molar-refractivity contribution in [2.75, 3.05) is 6.54 Å². The average Bonchev–Trinajstić information content (AvgIpc) is 2.49. The maximum Gasteiger partial charge on any atom is 0.126 e. The first-order chi connectivity index (χ1) is 10.2. The number of phenols is 1. The highest BCUT2D eigenvalue weighted by atomic mass is 127. The molecule has 0 fully saturated rings. The lowest BCUT2D eigenvalue weighted by molar-refractivity contribution is 0.169. The van der Waals surface area contributed by atoms with E-state index in [2.05, 4.69) is 52.2 Å². The molecule has 1 aliphatic rings. The zero-order valence-electron chi connectivity index (χ0n) is 11.7. The molecule has 2 aromatic rings. The fraction of sp³-hybridized carbons (Fsp3) is 0.294. The predicted octanol–water partition coefficient (Wildman–Crippen LogP) is 3.48. The van der Waals surface area contributed by atoms with Gasteiger partial charge < -0.3 is 15.2 Å². The van der Waals surface area contributed by atoms with Gasteiger partial charge in [0.05, 0.1) is 0 Å². The molecule has 3 nitrogen and oxygen atoms in total. The van der Waals surface area contributed by atoms with Gasteiger partial charge in [-0.2, -0.15) is 0 Å². The minimum Gasteiger partial charge on any atom is -0.508 e. The van der Waals surface area contributed by atoms with Crippen LogP contribution in [0.25, 0.3) is 0 Å². The Morgan fingerprint density at radius 3 is 2.81 bits per heavy atom. The van der Waals surface area contributed by atoms with Gasteiger partial charge in [-0.1, -0.05) is 18.2 Å². The summed E-state index contributed by atoms with van der Waals surface area (Å²) < 4.78 is 7.20. The molecule has 4 heteroatoms. The quantitative estimate of drug-likeness (QED) is 0.780. The van der Waals surface area contributed by atoms with E-state index in [1.807, 2.05) is 6.07 Å². The monoisotopic (exact) mass is 395 g/mol. The molecule has 110 valence electrons. The number of aryl methyl sites for hydroxylation is 1. The Bertz CT molecular complexity index is 613. The Hall–Kier alpha value is -1.27. The van der Waals surface area contributed by atoms with Gasteiger partial charge in [-0.3, -0.25) is 0 Å². The summed E-state index contributed by atoms with van der Waals surface area (Å²) in [6, 6.07) is 13.9. The first kappa shape index (κ1) is 14.7. The van der Waals surface area contributed by atoms with Gasteiger partial charge in [0, 0.05) is 22.7 Å². The number of fused-ring (bicyclic) bond motifs is 1. The van der Waals surface area contributed by atoms with Crippen LogP contribution >= 0.6 is 22.6 Å². The normalized spacial score (nSPS) is 17.1.